The molecule has 2 rings (SSSR count). The van der Waals surface area contributed by atoms with E-state index >= 15 is 0 Å². The van der Waals surface area contributed by atoms with E-state index in [1.807, 2.05) is 0 Å². The molecule has 0 bridgehead atoms. The zero-order valence-corrected chi connectivity index (χ0v) is 7.68. The van der Waals surface area contributed by atoms with Gasteiger partial charge < -0.3 is 10.7 Å². The SMILES string of the molecule is NC(c1cccc2[nH]ccc12)C(F)(F)F. The number of halogens is 3. The smallest absolute Gasteiger partial charge is 0.361 e. The molecule has 1 heterocycles. The van der Waals surface area contributed by atoms with E-state index in [0.717, 1.165) is 0 Å². The van der Waals surface area contributed by atoms with Crippen molar-refractivity contribution in [2.45, 2.75) is 12.2 Å². The van der Waals surface area contributed by atoms with Crippen molar-refractivity contribution in [1.29, 1.82) is 0 Å². The fraction of sp³-hybridized carbons (Fsp3) is 0.200. The molecule has 0 saturated heterocycles. The van der Waals surface area contributed by atoms with Crippen LogP contribution in [0.3, 0.4) is 0 Å². The summed E-state index contributed by atoms with van der Waals surface area (Å²) in [5.41, 5.74) is 5.92. The molecular formula is C10H9F3N2. The highest BCUT2D eigenvalue weighted by Gasteiger charge is 2.38. The van der Waals surface area contributed by atoms with Gasteiger partial charge in [0.25, 0.3) is 0 Å². The predicted molar refractivity (Wildman–Crippen MR) is 51.3 cm³/mol. The van der Waals surface area contributed by atoms with Gasteiger partial charge in [0.05, 0.1) is 0 Å². The number of H-pyrrole nitrogens is 1. The number of fused-ring (bicyclic) bond motifs is 1. The normalized spacial score (nSPS) is 14.4. The fourth-order valence-corrected chi connectivity index (χ4v) is 1.56. The highest BCUT2D eigenvalue weighted by molar-refractivity contribution is 5.83. The van der Waals surface area contributed by atoms with Crippen molar-refractivity contribution in [3.8, 4) is 0 Å². The van der Waals surface area contributed by atoms with E-state index in [1.54, 1.807) is 24.4 Å². The minimum Gasteiger partial charge on any atom is -0.361 e. The molecule has 0 aliphatic carbocycles. The van der Waals surface area contributed by atoms with Crippen molar-refractivity contribution < 1.29 is 13.2 Å². The van der Waals surface area contributed by atoms with Crippen LogP contribution in [0, 0.1) is 0 Å². The summed E-state index contributed by atoms with van der Waals surface area (Å²) in [5, 5.41) is 0.516. The lowest BCUT2D eigenvalue weighted by Gasteiger charge is -2.16. The summed E-state index contributed by atoms with van der Waals surface area (Å²) in [6, 6.07) is 4.32. The van der Waals surface area contributed by atoms with Gasteiger partial charge in [-0.25, -0.2) is 0 Å². The Kier molecular flexibility index (Phi) is 2.19. The topological polar surface area (TPSA) is 41.8 Å². The van der Waals surface area contributed by atoms with E-state index < -0.39 is 12.2 Å². The summed E-state index contributed by atoms with van der Waals surface area (Å²) in [5.74, 6) is 0. The minimum atomic E-state index is -4.41. The van der Waals surface area contributed by atoms with Crippen molar-refractivity contribution in [2.75, 3.05) is 0 Å². The van der Waals surface area contributed by atoms with Crippen LogP contribution >= 0.6 is 0 Å². The van der Waals surface area contributed by atoms with E-state index in [1.165, 1.54) is 6.07 Å². The van der Waals surface area contributed by atoms with Gasteiger partial charge in [0, 0.05) is 17.1 Å². The van der Waals surface area contributed by atoms with E-state index in [9.17, 15) is 13.2 Å². The van der Waals surface area contributed by atoms with Gasteiger partial charge in [0.15, 0.2) is 0 Å². The van der Waals surface area contributed by atoms with Crippen LogP contribution in [0.4, 0.5) is 13.2 Å². The maximum Gasteiger partial charge on any atom is 0.407 e. The van der Waals surface area contributed by atoms with Gasteiger partial charge in [-0.15, -0.1) is 0 Å². The lowest BCUT2D eigenvalue weighted by atomic mass is 10.0. The third-order valence-electron chi connectivity index (χ3n) is 2.32. The molecule has 2 nitrogen and oxygen atoms in total. The molecule has 0 aliphatic heterocycles. The van der Waals surface area contributed by atoms with Gasteiger partial charge in [-0.1, -0.05) is 12.1 Å². The summed E-state index contributed by atoms with van der Waals surface area (Å²) in [7, 11) is 0. The van der Waals surface area contributed by atoms with Crippen molar-refractivity contribution in [3.63, 3.8) is 0 Å². The van der Waals surface area contributed by atoms with Crippen molar-refractivity contribution in [2.24, 2.45) is 5.73 Å². The summed E-state index contributed by atoms with van der Waals surface area (Å²) >= 11 is 0. The second kappa shape index (κ2) is 3.27. The number of nitrogens with one attached hydrogen (secondary N) is 1. The molecule has 0 aliphatic rings. The lowest BCUT2D eigenvalue weighted by molar-refractivity contribution is -0.148. The molecule has 0 spiro atoms. The standard InChI is InChI=1S/C10H9F3N2/c11-10(12,13)9(14)7-2-1-3-8-6(7)4-5-15-8/h1-5,9,15H,14H2. The predicted octanol–water partition coefficient (Wildman–Crippen LogP) is 2.73. The third kappa shape index (κ3) is 1.70. The molecule has 1 aromatic heterocycles. The largest absolute Gasteiger partial charge is 0.407 e. The zero-order chi connectivity index (χ0) is 11.1. The first kappa shape index (κ1) is 10.0. The Morgan fingerprint density at radius 2 is 1.93 bits per heavy atom. The fourth-order valence-electron chi connectivity index (χ4n) is 1.56. The molecule has 15 heavy (non-hydrogen) atoms. The van der Waals surface area contributed by atoms with Crippen molar-refractivity contribution >= 4 is 10.9 Å². The Bertz CT molecular complexity index is 473. The molecule has 0 radical (unpaired) electrons. The molecule has 0 saturated carbocycles. The van der Waals surface area contributed by atoms with Crippen LogP contribution in [0.1, 0.15) is 11.6 Å². The van der Waals surface area contributed by atoms with Crippen LogP contribution in [0.15, 0.2) is 30.5 Å². The van der Waals surface area contributed by atoms with Crippen LogP contribution in [-0.4, -0.2) is 11.2 Å². The van der Waals surface area contributed by atoms with Gasteiger partial charge in [-0.3, -0.25) is 0 Å². The first-order valence-electron chi connectivity index (χ1n) is 4.38. The van der Waals surface area contributed by atoms with Crippen LogP contribution in [0.2, 0.25) is 0 Å². The van der Waals surface area contributed by atoms with Crippen molar-refractivity contribution in [1.82, 2.24) is 4.98 Å². The van der Waals surface area contributed by atoms with Crippen LogP contribution in [0.25, 0.3) is 10.9 Å². The zero-order valence-electron chi connectivity index (χ0n) is 7.68. The van der Waals surface area contributed by atoms with Gasteiger partial charge in [0.2, 0.25) is 0 Å². The molecule has 1 aromatic carbocycles. The lowest BCUT2D eigenvalue weighted by Crippen LogP contribution is -2.28. The highest BCUT2D eigenvalue weighted by atomic mass is 19.4. The molecule has 0 amide bonds. The van der Waals surface area contributed by atoms with E-state index in [-0.39, 0.29) is 5.56 Å². The first-order chi connectivity index (χ1) is 7.00. The van der Waals surface area contributed by atoms with E-state index in [4.69, 9.17) is 5.73 Å². The summed E-state index contributed by atoms with van der Waals surface area (Å²) < 4.78 is 37.3. The second-order valence-electron chi connectivity index (χ2n) is 3.31. The van der Waals surface area contributed by atoms with Crippen LogP contribution in [0.5, 0.6) is 0 Å². The van der Waals surface area contributed by atoms with E-state index in [0.29, 0.717) is 10.9 Å². The molecule has 1 unspecified atom stereocenters. The minimum absolute atomic E-state index is 0.0984. The van der Waals surface area contributed by atoms with Gasteiger partial charge >= 0.3 is 6.18 Å². The second-order valence-corrected chi connectivity index (χ2v) is 3.31. The number of aromatic nitrogens is 1. The third-order valence-corrected chi connectivity index (χ3v) is 2.32. The van der Waals surface area contributed by atoms with Gasteiger partial charge in [-0.05, 0) is 17.7 Å². The number of benzene rings is 1. The monoisotopic (exact) mass is 214 g/mol. The maximum absolute atomic E-state index is 12.4. The van der Waals surface area contributed by atoms with Gasteiger partial charge in [-0.2, -0.15) is 13.2 Å². The number of nitrogens with two attached hydrogens (primary N) is 1. The highest BCUT2D eigenvalue weighted by Crippen LogP contribution is 2.33. The number of alkyl halides is 3. The van der Waals surface area contributed by atoms with Crippen molar-refractivity contribution in [3.05, 3.63) is 36.0 Å². The number of aromatic amines is 1. The number of hydrogen-bond donors (Lipinski definition) is 2. The molecule has 3 N–H and O–H groups in total. The Labute approximate surface area is 83.9 Å². The Hall–Kier alpha value is -1.49. The maximum atomic E-state index is 12.4. The van der Waals surface area contributed by atoms with E-state index in [2.05, 4.69) is 4.98 Å². The Balaban J connectivity index is 2.56. The molecule has 0 fully saturated rings. The molecule has 5 heteroatoms. The van der Waals surface area contributed by atoms with Crippen LogP contribution in [-0.2, 0) is 0 Å². The number of hydrogen-bond acceptors (Lipinski definition) is 1. The summed E-state index contributed by atoms with van der Waals surface area (Å²) in [4.78, 5) is 2.84. The molecular weight excluding hydrogens is 205 g/mol. The number of rotatable bonds is 1. The molecule has 80 valence electrons. The average Bonchev–Trinajstić information content (AvgIpc) is 2.62. The quantitative estimate of drug-likeness (QED) is 0.752. The van der Waals surface area contributed by atoms with Gasteiger partial charge in [0.1, 0.15) is 6.04 Å². The summed E-state index contributed by atoms with van der Waals surface area (Å²) in [6.45, 7) is 0. The first-order valence-corrected chi connectivity index (χ1v) is 4.38. The average molecular weight is 214 g/mol. The molecule has 1 atom stereocenters. The van der Waals surface area contributed by atoms with Crippen LogP contribution < -0.4 is 5.73 Å². The Morgan fingerprint density at radius 3 is 2.60 bits per heavy atom. The summed E-state index contributed by atoms with van der Waals surface area (Å²) in [6.07, 6.45) is -2.82. The Morgan fingerprint density at radius 1 is 1.20 bits per heavy atom. The molecule has 2 aromatic rings.